The van der Waals surface area contributed by atoms with Crippen LogP contribution in [0.15, 0.2) is 106 Å². The maximum Gasteiger partial charge on any atom is 0.292 e. The van der Waals surface area contributed by atoms with Crippen LogP contribution < -0.4 is 16.4 Å². The summed E-state index contributed by atoms with van der Waals surface area (Å²) < 4.78 is 2.03. The summed E-state index contributed by atoms with van der Waals surface area (Å²) in [6, 6.07) is 29.7. The van der Waals surface area contributed by atoms with E-state index in [1.165, 1.54) is 6.07 Å². The second kappa shape index (κ2) is 11.3. The highest BCUT2D eigenvalue weighted by Gasteiger charge is 2.11. The van der Waals surface area contributed by atoms with Crippen LogP contribution in [-0.4, -0.2) is 4.92 Å². The SMILES string of the molecule is Nc1ccccc1Nc1ccc(Br)cc1.O=[N+]([O-])c1ccccc1Nc1ccc(Br)cc1. The van der Waals surface area contributed by atoms with Gasteiger partial charge in [0.1, 0.15) is 5.69 Å². The summed E-state index contributed by atoms with van der Waals surface area (Å²) >= 11 is 6.73. The summed E-state index contributed by atoms with van der Waals surface area (Å²) in [5.74, 6) is 0. The van der Waals surface area contributed by atoms with Gasteiger partial charge in [-0.1, -0.05) is 56.1 Å². The molecule has 0 spiro atoms. The number of para-hydroxylation sites is 4. The molecule has 4 aromatic rings. The Bertz CT molecular complexity index is 1180. The van der Waals surface area contributed by atoms with E-state index in [2.05, 4.69) is 42.5 Å². The molecule has 0 unspecified atom stereocenters. The van der Waals surface area contributed by atoms with Crippen molar-refractivity contribution in [3.05, 3.63) is 116 Å². The van der Waals surface area contributed by atoms with Gasteiger partial charge in [-0.2, -0.15) is 0 Å². The minimum absolute atomic E-state index is 0.0652. The van der Waals surface area contributed by atoms with Gasteiger partial charge in [-0.15, -0.1) is 0 Å². The van der Waals surface area contributed by atoms with E-state index in [9.17, 15) is 10.1 Å². The number of benzene rings is 4. The maximum atomic E-state index is 10.8. The van der Waals surface area contributed by atoms with Gasteiger partial charge < -0.3 is 16.4 Å². The van der Waals surface area contributed by atoms with Gasteiger partial charge in [0.15, 0.2) is 0 Å². The van der Waals surface area contributed by atoms with Crippen molar-refractivity contribution in [1.82, 2.24) is 0 Å². The molecule has 0 radical (unpaired) electrons. The van der Waals surface area contributed by atoms with E-state index in [1.807, 2.05) is 72.8 Å². The first kappa shape index (κ1) is 23.3. The minimum Gasteiger partial charge on any atom is -0.397 e. The molecule has 4 aromatic carbocycles. The Kier molecular flexibility index (Phi) is 8.24. The highest BCUT2D eigenvalue weighted by molar-refractivity contribution is 9.10. The third kappa shape index (κ3) is 6.83. The number of nitro benzene ring substituents is 1. The zero-order valence-corrected chi connectivity index (χ0v) is 20.0. The molecule has 4 N–H and O–H groups in total. The second-order valence-corrected chi connectivity index (χ2v) is 8.46. The molecule has 0 aliphatic carbocycles. The molecule has 0 aliphatic rings. The average molecular weight is 556 g/mol. The maximum absolute atomic E-state index is 10.8. The fraction of sp³-hybridized carbons (Fsp3) is 0. The molecule has 0 saturated heterocycles. The third-order valence-electron chi connectivity index (χ3n) is 4.31. The molecule has 0 bridgehead atoms. The topological polar surface area (TPSA) is 93.2 Å². The Morgan fingerprint density at radius 3 is 1.59 bits per heavy atom. The van der Waals surface area contributed by atoms with E-state index < -0.39 is 4.92 Å². The van der Waals surface area contributed by atoms with Gasteiger partial charge in [-0.3, -0.25) is 10.1 Å². The lowest BCUT2D eigenvalue weighted by molar-refractivity contribution is -0.383. The number of rotatable bonds is 5. The van der Waals surface area contributed by atoms with Crippen molar-refractivity contribution in [2.45, 2.75) is 0 Å². The first-order valence-corrected chi connectivity index (χ1v) is 11.1. The van der Waals surface area contributed by atoms with Crippen LogP contribution in [0.2, 0.25) is 0 Å². The summed E-state index contributed by atoms with van der Waals surface area (Å²) in [6.07, 6.45) is 0. The van der Waals surface area contributed by atoms with Gasteiger partial charge in [0.25, 0.3) is 5.69 Å². The van der Waals surface area contributed by atoms with Crippen LogP contribution in [-0.2, 0) is 0 Å². The van der Waals surface area contributed by atoms with Gasteiger partial charge in [0.05, 0.1) is 16.3 Å². The summed E-state index contributed by atoms with van der Waals surface area (Å²) in [5.41, 5.74) is 9.89. The number of nitrogens with zero attached hydrogens (tertiary/aromatic N) is 1. The Balaban J connectivity index is 0.000000182. The second-order valence-electron chi connectivity index (χ2n) is 6.63. The monoisotopic (exact) mass is 554 g/mol. The van der Waals surface area contributed by atoms with Crippen LogP contribution in [0, 0.1) is 10.1 Å². The molecule has 0 amide bonds. The lowest BCUT2D eigenvalue weighted by Crippen LogP contribution is -1.96. The first-order valence-electron chi connectivity index (χ1n) is 9.55. The number of hydrogen-bond donors (Lipinski definition) is 3. The van der Waals surface area contributed by atoms with E-state index in [0.29, 0.717) is 5.69 Å². The average Bonchev–Trinajstić information content (AvgIpc) is 2.79. The molecule has 8 heteroatoms. The van der Waals surface area contributed by atoms with Gasteiger partial charge >= 0.3 is 0 Å². The van der Waals surface area contributed by atoms with Crippen LogP contribution in [0.5, 0.6) is 0 Å². The predicted octanol–water partition coefficient (Wildman–Crippen LogP) is 7.88. The zero-order chi connectivity index (χ0) is 22.9. The Labute approximate surface area is 202 Å². The smallest absolute Gasteiger partial charge is 0.292 e. The van der Waals surface area contributed by atoms with Crippen molar-refractivity contribution < 1.29 is 4.92 Å². The Morgan fingerprint density at radius 2 is 1.09 bits per heavy atom. The highest BCUT2D eigenvalue weighted by atomic mass is 79.9. The molecule has 0 saturated carbocycles. The number of nitrogen functional groups attached to an aromatic ring is 1. The summed E-state index contributed by atoms with van der Waals surface area (Å²) in [5, 5.41) is 17.1. The third-order valence-corrected chi connectivity index (χ3v) is 5.37. The quantitative estimate of drug-likeness (QED) is 0.132. The standard InChI is InChI=1S/C12H9BrN2O2.C12H11BrN2/c13-9-5-7-10(8-6-9)14-11-3-1-2-4-12(11)15(16)17;13-9-5-7-10(8-6-9)15-12-4-2-1-3-11(12)14/h1-8,14H;1-8,15H,14H2. The Hall–Kier alpha value is -3.36. The van der Waals surface area contributed by atoms with E-state index in [4.69, 9.17) is 5.73 Å². The van der Waals surface area contributed by atoms with Gasteiger partial charge in [0.2, 0.25) is 0 Å². The van der Waals surface area contributed by atoms with Crippen molar-refractivity contribution in [2.24, 2.45) is 0 Å². The molecule has 32 heavy (non-hydrogen) atoms. The highest BCUT2D eigenvalue weighted by Crippen LogP contribution is 2.27. The molecule has 6 nitrogen and oxygen atoms in total. The number of hydrogen-bond acceptors (Lipinski definition) is 5. The Morgan fingerprint density at radius 1 is 0.656 bits per heavy atom. The summed E-state index contributed by atoms with van der Waals surface area (Å²) in [4.78, 5) is 10.4. The van der Waals surface area contributed by atoms with Crippen LogP contribution in [0.25, 0.3) is 0 Å². The largest absolute Gasteiger partial charge is 0.397 e. The molecule has 0 heterocycles. The fourth-order valence-electron chi connectivity index (χ4n) is 2.73. The van der Waals surface area contributed by atoms with Crippen LogP contribution in [0.1, 0.15) is 0 Å². The number of halogens is 2. The van der Waals surface area contributed by atoms with E-state index in [1.54, 1.807) is 18.2 Å². The summed E-state index contributed by atoms with van der Waals surface area (Å²) in [7, 11) is 0. The van der Waals surface area contributed by atoms with Crippen LogP contribution in [0.3, 0.4) is 0 Å². The van der Waals surface area contributed by atoms with Crippen LogP contribution in [0.4, 0.5) is 34.1 Å². The lowest BCUT2D eigenvalue weighted by Gasteiger charge is -2.08. The van der Waals surface area contributed by atoms with Gasteiger partial charge in [-0.05, 0) is 66.7 Å². The molecule has 4 rings (SSSR count). The van der Waals surface area contributed by atoms with Crippen molar-refractivity contribution in [3.63, 3.8) is 0 Å². The molecule has 0 atom stereocenters. The van der Waals surface area contributed by atoms with Crippen LogP contribution >= 0.6 is 31.9 Å². The number of nitrogens with two attached hydrogens (primary N) is 1. The number of nitrogens with one attached hydrogen (secondary N) is 2. The van der Waals surface area contributed by atoms with Crippen molar-refractivity contribution >= 4 is 66.0 Å². The lowest BCUT2D eigenvalue weighted by atomic mass is 10.2. The zero-order valence-electron chi connectivity index (χ0n) is 16.8. The van der Waals surface area contributed by atoms with E-state index in [-0.39, 0.29) is 5.69 Å². The van der Waals surface area contributed by atoms with Gasteiger partial charge in [-0.25, -0.2) is 0 Å². The van der Waals surface area contributed by atoms with Crippen molar-refractivity contribution in [2.75, 3.05) is 16.4 Å². The van der Waals surface area contributed by atoms with E-state index >= 15 is 0 Å². The van der Waals surface area contributed by atoms with Crippen molar-refractivity contribution in [3.8, 4) is 0 Å². The minimum atomic E-state index is -0.402. The normalized spacial score (nSPS) is 9.94. The molecule has 0 fully saturated rings. The first-order chi connectivity index (χ1) is 15.4. The molecule has 0 aromatic heterocycles. The van der Waals surface area contributed by atoms with Gasteiger partial charge in [0, 0.05) is 26.4 Å². The molecular weight excluding hydrogens is 536 g/mol. The molecular formula is C24H20Br2N4O2. The van der Waals surface area contributed by atoms with E-state index in [0.717, 1.165) is 31.7 Å². The number of anilines is 5. The van der Waals surface area contributed by atoms with Crippen molar-refractivity contribution in [1.29, 1.82) is 0 Å². The molecule has 162 valence electrons. The fourth-order valence-corrected chi connectivity index (χ4v) is 3.26. The molecule has 0 aliphatic heterocycles. The number of nitro groups is 1. The predicted molar refractivity (Wildman–Crippen MR) is 139 cm³/mol. The summed E-state index contributed by atoms with van der Waals surface area (Å²) in [6.45, 7) is 0.